The number of nitrogens with one attached hydrogen (secondary N) is 1. The molecule has 1 aliphatic heterocycles. The minimum Gasteiger partial charge on any atom is -0.496 e. The summed E-state index contributed by atoms with van der Waals surface area (Å²) in [5.74, 6) is -3.60. The van der Waals surface area contributed by atoms with E-state index in [2.05, 4.69) is 5.32 Å². The molecule has 0 spiro atoms. The van der Waals surface area contributed by atoms with E-state index < -0.39 is 36.2 Å². The minimum atomic E-state index is -1.37. The van der Waals surface area contributed by atoms with Crippen LogP contribution in [-0.2, 0) is 30.5 Å². The molecule has 0 radical (unpaired) electrons. The molecule has 0 fully saturated rings. The molecule has 0 aromatic heterocycles. The molecule has 0 aliphatic carbocycles. The highest BCUT2D eigenvalue weighted by Gasteiger charge is 2.39. The fraction of sp³-hybridized carbons (Fsp3) is 0.258. The van der Waals surface area contributed by atoms with Crippen molar-refractivity contribution in [2.24, 2.45) is 0 Å². The molecule has 0 unspecified atom stereocenters. The quantitative estimate of drug-likeness (QED) is 0.223. The number of methoxy groups -OCH3 is 2. The van der Waals surface area contributed by atoms with Crippen LogP contribution >= 0.6 is 0 Å². The smallest absolute Gasteiger partial charge is 0.326 e. The molecule has 0 saturated heterocycles. The van der Waals surface area contributed by atoms with Gasteiger partial charge in [-0.1, -0.05) is 55.5 Å². The predicted octanol–water partition coefficient (Wildman–Crippen LogP) is 2.90. The molecule has 1 N–H and O–H groups in total. The molecule has 1 atom stereocenters. The first-order chi connectivity index (χ1) is 20.3. The lowest BCUT2D eigenvalue weighted by Gasteiger charge is -2.24. The van der Waals surface area contributed by atoms with Gasteiger partial charge in [0, 0.05) is 6.42 Å². The van der Waals surface area contributed by atoms with Gasteiger partial charge in [-0.2, -0.15) is 0 Å². The largest absolute Gasteiger partial charge is 0.496 e. The molecule has 42 heavy (non-hydrogen) atoms. The number of Topliss-reactive ketones (excluding diaryl/α,β-unsaturated/α-hetero) is 1. The molecule has 218 valence electrons. The molecule has 3 aromatic rings. The van der Waals surface area contributed by atoms with Gasteiger partial charge >= 0.3 is 5.97 Å². The summed E-state index contributed by atoms with van der Waals surface area (Å²) < 4.78 is 15.9. The first-order valence-corrected chi connectivity index (χ1v) is 13.3. The number of carbonyl (C=O) groups is 5. The fourth-order valence-corrected chi connectivity index (χ4v) is 4.61. The molecule has 0 saturated carbocycles. The van der Waals surface area contributed by atoms with Crippen LogP contribution in [0.5, 0.6) is 11.5 Å². The standard InChI is InChI=1S/C31H31N3O8/c1-4-26(35)33-17-21(32-30(38)29(37)28-24(40-2)15-10-16-25(28)41-3)31(39)34(23-14-9-8-13-22(23)33)18-27(36)42-19-20-11-6-5-7-12-20/h5-16,21H,4,17-19H2,1-3H3,(H,32,38)/t21-/m0/s1. The van der Waals surface area contributed by atoms with Gasteiger partial charge in [-0.25, -0.2) is 0 Å². The number of ketones is 1. The van der Waals surface area contributed by atoms with Crippen molar-refractivity contribution in [2.75, 3.05) is 37.1 Å². The second kappa shape index (κ2) is 13.4. The molecular formula is C31H31N3O8. The molecule has 1 heterocycles. The Morgan fingerprint density at radius 2 is 1.48 bits per heavy atom. The van der Waals surface area contributed by atoms with E-state index >= 15 is 0 Å². The third-order valence-corrected chi connectivity index (χ3v) is 6.69. The maximum Gasteiger partial charge on any atom is 0.326 e. The molecule has 3 amide bonds. The Hall–Kier alpha value is -5.19. The molecule has 1 aliphatic rings. The van der Waals surface area contributed by atoms with Crippen LogP contribution in [0.25, 0.3) is 0 Å². The Kier molecular flexibility index (Phi) is 9.53. The second-order valence-corrected chi connectivity index (χ2v) is 9.31. The van der Waals surface area contributed by atoms with Crippen molar-refractivity contribution in [1.29, 1.82) is 0 Å². The molecule has 4 rings (SSSR count). The van der Waals surface area contributed by atoms with E-state index in [-0.39, 0.29) is 48.2 Å². The summed E-state index contributed by atoms with van der Waals surface area (Å²) in [6.45, 7) is 0.915. The van der Waals surface area contributed by atoms with Crippen LogP contribution in [0, 0.1) is 0 Å². The third-order valence-electron chi connectivity index (χ3n) is 6.69. The normalized spacial score (nSPS) is 14.4. The van der Waals surface area contributed by atoms with Crippen LogP contribution in [0.4, 0.5) is 11.4 Å². The Labute approximate surface area is 243 Å². The van der Waals surface area contributed by atoms with Crippen molar-refractivity contribution < 1.29 is 38.2 Å². The number of anilines is 2. The number of benzene rings is 3. The van der Waals surface area contributed by atoms with Crippen LogP contribution < -0.4 is 24.6 Å². The average molecular weight is 574 g/mol. The van der Waals surface area contributed by atoms with E-state index in [1.54, 1.807) is 49.4 Å². The van der Waals surface area contributed by atoms with Crippen LogP contribution in [0.15, 0.2) is 72.8 Å². The van der Waals surface area contributed by atoms with Gasteiger partial charge in [0.1, 0.15) is 36.3 Å². The lowest BCUT2D eigenvalue weighted by Crippen LogP contribution is -2.55. The summed E-state index contributed by atoms with van der Waals surface area (Å²) in [5.41, 5.74) is 1.31. The van der Waals surface area contributed by atoms with Gasteiger partial charge in [-0.15, -0.1) is 0 Å². The number of rotatable bonds is 10. The van der Waals surface area contributed by atoms with Crippen molar-refractivity contribution >= 4 is 40.8 Å². The van der Waals surface area contributed by atoms with E-state index in [0.29, 0.717) is 5.69 Å². The summed E-state index contributed by atoms with van der Waals surface area (Å²) in [6.07, 6.45) is 0.111. The summed E-state index contributed by atoms with van der Waals surface area (Å²) in [4.78, 5) is 68.9. The Morgan fingerprint density at radius 3 is 2.10 bits per heavy atom. The topological polar surface area (TPSA) is 132 Å². The van der Waals surface area contributed by atoms with Gasteiger partial charge in [0.25, 0.3) is 17.6 Å². The van der Waals surface area contributed by atoms with Crippen LogP contribution in [0.1, 0.15) is 29.3 Å². The van der Waals surface area contributed by atoms with Gasteiger partial charge in [0.15, 0.2) is 0 Å². The Morgan fingerprint density at radius 1 is 0.857 bits per heavy atom. The van der Waals surface area contributed by atoms with E-state index in [9.17, 15) is 24.0 Å². The number of fused-ring (bicyclic) bond motifs is 1. The lowest BCUT2D eigenvalue weighted by molar-refractivity contribution is -0.144. The van der Waals surface area contributed by atoms with E-state index in [1.165, 1.54) is 31.3 Å². The first kappa shape index (κ1) is 29.8. The maximum atomic E-state index is 13.9. The average Bonchev–Trinajstić information content (AvgIpc) is 3.13. The van der Waals surface area contributed by atoms with Gasteiger partial charge in [-0.05, 0) is 29.8 Å². The monoisotopic (exact) mass is 573 g/mol. The van der Waals surface area contributed by atoms with Crippen molar-refractivity contribution in [2.45, 2.75) is 26.0 Å². The van der Waals surface area contributed by atoms with Gasteiger partial charge in [-0.3, -0.25) is 28.9 Å². The van der Waals surface area contributed by atoms with Crippen LogP contribution in [0.2, 0.25) is 0 Å². The highest BCUT2D eigenvalue weighted by molar-refractivity contribution is 6.44. The van der Waals surface area contributed by atoms with Crippen LogP contribution in [0.3, 0.4) is 0 Å². The number of hydrogen-bond acceptors (Lipinski definition) is 8. The molecule has 0 bridgehead atoms. The summed E-state index contributed by atoms with van der Waals surface area (Å²) in [5, 5.41) is 2.48. The highest BCUT2D eigenvalue weighted by Crippen LogP contribution is 2.34. The summed E-state index contributed by atoms with van der Waals surface area (Å²) in [6, 6.07) is 18.9. The Balaban J connectivity index is 1.65. The number of hydrogen-bond donors (Lipinski definition) is 1. The van der Waals surface area contributed by atoms with Crippen molar-refractivity contribution in [3.8, 4) is 11.5 Å². The molecule has 3 aromatic carbocycles. The molecule has 11 nitrogen and oxygen atoms in total. The zero-order chi connectivity index (χ0) is 30.2. The van der Waals surface area contributed by atoms with E-state index in [4.69, 9.17) is 14.2 Å². The van der Waals surface area contributed by atoms with Crippen molar-refractivity contribution in [1.82, 2.24) is 5.32 Å². The minimum absolute atomic E-state index is 0.000790. The number of carbonyl (C=O) groups excluding carboxylic acids is 5. The van der Waals surface area contributed by atoms with Gasteiger partial charge in [0.2, 0.25) is 5.91 Å². The lowest BCUT2D eigenvalue weighted by atomic mass is 10.1. The van der Waals surface area contributed by atoms with Gasteiger partial charge < -0.3 is 24.4 Å². The van der Waals surface area contributed by atoms with E-state index in [0.717, 1.165) is 10.5 Å². The summed E-state index contributed by atoms with van der Waals surface area (Å²) >= 11 is 0. The fourth-order valence-electron chi connectivity index (χ4n) is 4.61. The predicted molar refractivity (Wildman–Crippen MR) is 153 cm³/mol. The SMILES string of the molecule is CCC(=O)N1C[C@H](NC(=O)C(=O)c2c(OC)cccc2OC)C(=O)N(CC(=O)OCc2ccccc2)c2ccccc21. The van der Waals surface area contributed by atoms with Crippen molar-refractivity contribution in [3.05, 3.63) is 83.9 Å². The number of ether oxygens (including phenoxy) is 3. The number of esters is 1. The highest BCUT2D eigenvalue weighted by atomic mass is 16.5. The number of amides is 3. The zero-order valence-corrected chi connectivity index (χ0v) is 23.5. The number of nitrogens with zero attached hydrogens (tertiary/aromatic N) is 2. The third kappa shape index (κ3) is 6.41. The first-order valence-electron chi connectivity index (χ1n) is 13.3. The number of para-hydroxylation sites is 2. The molecular weight excluding hydrogens is 542 g/mol. The second-order valence-electron chi connectivity index (χ2n) is 9.31. The van der Waals surface area contributed by atoms with E-state index in [1.807, 2.05) is 18.2 Å². The van der Waals surface area contributed by atoms with Gasteiger partial charge in [0.05, 0.1) is 32.1 Å². The maximum absolute atomic E-state index is 13.9. The van der Waals surface area contributed by atoms with Crippen LogP contribution in [-0.4, -0.2) is 62.8 Å². The molecule has 11 heteroatoms. The zero-order valence-electron chi connectivity index (χ0n) is 23.5. The van der Waals surface area contributed by atoms with Crippen molar-refractivity contribution in [3.63, 3.8) is 0 Å². The summed E-state index contributed by atoms with van der Waals surface area (Å²) in [7, 11) is 2.69. The Bertz CT molecular complexity index is 1470.